The van der Waals surface area contributed by atoms with Crippen molar-refractivity contribution in [3.05, 3.63) is 53.8 Å². The molecular formula is C25H28FN3O7. The molecule has 3 heterocycles. The zero-order chi connectivity index (χ0) is 25.2. The molecule has 2 saturated heterocycles. The van der Waals surface area contributed by atoms with Crippen molar-refractivity contribution in [3.63, 3.8) is 0 Å². The first kappa shape index (κ1) is 24.3. The van der Waals surface area contributed by atoms with E-state index in [2.05, 4.69) is 10.2 Å². The Bertz CT molecular complexity index is 1110. The summed E-state index contributed by atoms with van der Waals surface area (Å²) in [6.45, 7) is 2.23. The van der Waals surface area contributed by atoms with E-state index in [0.29, 0.717) is 43.2 Å². The molecule has 3 aliphatic rings. The minimum Gasteiger partial charge on any atom is -0.454 e. The third kappa shape index (κ3) is 5.08. The van der Waals surface area contributed by atoms with Crippen LogP contribution in [0.3, 0.4) is 0 Å². The number of anilines is 1. The number of aliphatic hydroxyl groups is 2. The quantitative estimate of drug-likeness (QED) is 0.524. The zero-order valence-corrected chi connectivity index (χ0v) is 19.5. The Balaban J connectivity index is 1.10. The first-order valence-corrected chi connectivity index (χ1v) is 11.9. The minimum absolute atomic E-state index is 0.0352. The second-order valence-corrected chi connectivity index (χ2v) is 9.02. The molecule has 0 aliphatic carbocycles. The van der Waals surface area contributed by atoms with Gasteiger partial charge in [0.05, 0.1) is 12.5 Å². The number of amides is 2. The Kier molecular flexibility index (Phi) is 6.95. The van der Waals surface area contributed by atoms with Crippen molar-refractivity contribution in [2.45, 2.75) is 30.8 Å². The highest BCUT2D eigenvalue weighted by atomic mass is 19.1. The molecule has 0 bridgehead atoms. The van der Waals surface area contributed by atoms with Gasteiger partial charge in [-0.3, -0.25) is 9.59 Å². The summed E-state index contributed by atoms with van der Waals surface area (Å²) in [5.74, 6) is 0.170. The van der Waals surface area contributed by atoms with Gasteiger partial charge in [-0.2, -0.15) is 0 Å². The number of rotatable bonds is 6. The summed E-state index contributed by atoms with van der Waals surface area (Å²) in [7, 11) is 0. The number of halogens is 1. The number of benzene rings is 2. The molecule has 2 aromatic carbocycles. The van der Waals surface area contributed by atoms with Crippen molar-refractivity contribution in [2.24, 2.45) is 0 Å². The molecule has 4 atom stereocenters. The van der Waals surface area contributed by atoms with Crippen molar-refractivity contribution in [1.82, 2.24) is 10.2 Å². The van der Waals surface area contributed by atoms with Gasteiger partial charge in [0.1, 0.15) is 24.1 Å². The predicted molar refractivity (Wildman–Crippen MR) is 125 cm³/mol. The lowest BCUT2D eigenvalue weighted by Gasteiger charge is -2.36. The van der Waals surface area contributed by atoms with Gasteiger partial charge in [0.2, 0.25) is 12.7 Å². The minimum atomic E-state index is -1.25. The molecule has 5 rings (SSSR count). The summed E-state index contributed by atoms with van der Waals surface area (Å²) in [4.78, 5) is 29.1. The first-order valence-electron chi connectivity index (χ1n) is 11.9. The molecule has 3 aliphatic heterocycles. The fourth-order valence-corrected chi connectivity index (χ4v) is 4.66. The summed E-state index contributed by atoms with van der Waals surface area (Å²) in [5, 5.41) is 23.6. The molecule has 4 unspecified atom stereocenters. The Morgan fingerprint density at radius 3 is 2.39 bits per heavy atom. The molecule has 10 nitrogen and oxygen atoms in total. The van der Waals surface area contributed by atoms with E-state index >= 15 is 0 Å². The number of aliphatic hydroxyl groups excluding tert-OH is 2. The van der Waals surface area contributed by atoms with E-state index in [1.54, 1.807) is 35.2 Å². The van der Waals surface area contributed by atoms with Crippen LogP contribution in [0.5, 0.6) is 11.5 Å². The van der Waals surface area contributed by atoms with E-state index in [1.165, 1.54) is 12.1 Å². The molecule has 36 heavy (non-hydrogen) atoms. The van der Waals surface area contributed by atoms with Crippen molar-refractivity contribution >= 4 is 17.5 Å². The van der Waals surface area contributed by atoms with Crippen LogP contribution in [0.2, 0.25) is 0 Å². The molecule has 2 fully saturated rings. The Labute approximate surface area is 207 Å². The summed E-state index contributed by atoms with van der Waals surface area (Å²) in [5.41, 5.74) is 1.26. The monoisotopic (exact) mass is 501 g/mol. The highest BCUT2D eigenvalue weighted by Gasteiger charge is 2.44. The Morgan fingerprint density at radius 2 is 1.64 bits per heavy atom. The van der Waals surface area contributed by atoms with Crippen molar-refractivity contribution in [2.75, 3.05) is 44.4 Å². The highest BCUT2D eigenvalue weighted by molar-refractivity contribution is 5.95. The van der Waals surface area contributed by atoms with E-state index in [4.69, 9.17) is 14.2 Å². The number of piperazine rings is 1. The average Bonchev–Trinajstić information content (AvgIpc) is 3.47. The smallest absolute Gasteiger partial charge is 0.251 e. The van der Waals surface area contributed by atoms with E-state index in [0.717, 1.165) is 5.69 Å². The second kappa shape index (κ2) is 10.3. The number of nitrogens with one attached hydrogen (secondary N) is 1. The molecule has 3 N–H and O–H groups in total. The third-order valence-electron chi connectivity index (χ3n) is 6.76. The predicted octanol–water partition coefficient (Wildman–Crippen LogP) is 0.512. The topological polar surface area (TPSA) is 121 Å². The molecule has 0 aromatic heterocycles. The normalized spacial score (nSPS) is 25.2. The average molecular weight is 502 g/mol. The van der Waals surface area contributed by atoms with Crippen LogP contribution in [-0.2, 0) is 9.53 Å². The molecule has 0 spiro atoms. The lowest BCUT2D eigenvalue weighted by atomic mass is 10.0. The standard InChI is InChI=1S/C25H28FN3O7/c26-16-2-4-17(5-3-16)28-7-9-29(10-8-28)22(30)12-20-23(31)24(32)21(36-20)13-27-25(33)15-1-6-18-19(11-15)35-14-34-18/h1-6,11,20-21,23-24,31-32H,7-10,12-14H2,(H,27,33). The highest BCUT2D eigenvalue weighted by Crippen LogP contribution is 2.32. The van der Waals surface area contributed by atoms with Gasteiger partial charge < -0.3 is 39.5 Å². The lowest BCUT2D eigenvalue weighted by molar-refractivity contribution is -0.135. The fraction of sp³-hybridized carbons (Fsp3) is 0.440. The van der Waals surface area contributed by atoms with Gasteiger partial charge in [-0.05, 0) is 42.5 Å². The number of nitrogens with zero attached hydrogens (tertiary/aromatic N) is 2. The van der Waals surface area contributed by atoms with Gasteiger partial charge >= 0.3 is 0 Å². The summed E-state index contributed by atoms with van der Waals surface area (Å²) in [6, 6.07) is 11.0. The second-order valence-electron chi connectivity index (χ2n) is 9.02. The number of carbonyl (C=O) groups is 2. The molecule has 0 radical (unpaired) electrons. The lowest BCUT2D eigenvalue weighted by Crippen LogP contribution is -2.49. The maximum Gasteiger partial charge on any atom is 0.251 e. The van der Waals surface area contributed by atoms with Crippen LogP contribution in [0.4, 0.5) is 10.1 Å². The van der Waals surface area contributed by atoms with Crippen molar-refractivity contribution < 1.29 is 38.4 Å². The van der Waals surface area contributed by atoms with E-state index < -0.39 is 30.3 Å². The SMILES string of the molecule is O=C(NCC1OC(CC(=O)N2CCN(c3ccc(F)cc3)CC2)C(O)C1O)c1ccc2c(c1)OCO2. The van der Waals surface area contributed by atoms with Crippen LogP contribution in [0.15, 0.2) is 42.5 Å². The van der Waals surface area contributed by atoms with Crippen LogP contribution in [0, 0.1) is 5.82 Å². The third-order valence-corrected chi connectivity index (χ3v) is 6.76. The van der Waals surface area contributed by atoms with E-state index in [1.807, 2.05) is 0 Å². The van der Waals surface area contributed by atoms with Gasteiger partial charge in [-0.15, -0.1) is 0 Å². The van der Waals surface area contributed by atoms with Crippen LogP contribution < -0.4 is 19.7 Å². The number of hydrogen-bond donors (Lipinski definition) is 3. The molecule has 11 heteroatoms. The Morgan fingerprint density at radius 1 is 0.944 bits per heavy atom. The molecular weight excluding hydrogens is 473 g/mol. The van der Waals surface area contributed by atoms with Crippen LogP contribution in [-0.4, -0.2) is 90.9 Å². The molecule has 2 amide bonds. The zero-order valence-electron chi connectivity index (χ0n) is 19.5. The van der Waals surface area contributed by atoms with Crippen LogP contribution in [0.1, 0.15) is 16.8 Å². The van der Waals surface area contributed by atoms with Crippen LogP contribution >= 0.6 is 0 Å². The van der Waals surface area contributed by atoms with Gasteiger partial charge in [0.25, 0.3) is 5.91 Å². The van der Waals surface area contributed by atoms with Gasteiger partial charge in [-0.25, -0.2) is 4.39 Å². The van der Waals surface area contributed by atoms with Gasteiger partial charge in [-0.1, -0.05) is 0 Å². The first-order chi connectivity index (χ1) is 17.4. The van der Waals surface area contributed by atoms with Crippen molar-refractivity contribution in [1.29, 1.82) is 0 Å². The molecule has 192 valence electrons. The van der Waals surface area contributed by atoms with Gasteiger partial charge in [0, 0.05) is 44.0 Å². The molecule has 2 aromatic rings. The Hall–Kier alpha value is -3.41. The summed E-state index contributed by atoms with van der Waals surface area (Å²) >= 11 is 0. The van der Waals surface area contributed by atoms with Crippen LogP contribution in [0.25, 0.3) is 0 Å². The fourth-order valence-electron chi connectivity index (χ4n) is 4.66. The van der Waals surface area contributed by atoms with E-state index in [9.17, 15) is 24.2 Å². The summed E-state index contributed by atoms with van der Waals surface area (Å²) < 4.78 is 29.4. The van der Waals surface area contributed by atoms with E-state index in [-0.39, 0.29) is 31.5 Å². The number of carbonyl (C=O) groups excluding carboxylic acids is 2. The number of ether oxygens (including phenoxy) is 3. The van der Waals surface area contributed by atoms with Gasteiger partial charge in [0.15, 0.2) is 11.5 Å². The summed E-state index contributed by atoms with van der Waals surface area (Å²) in [6.07, 6.45) is -4.31. The maximum atomic E-state index is 13.2. The number of hydrogen-bond acceptors (Lipinski definition) is 8. The maximum absolute atomic E-state index is 13.2. The van der Waals surface area contributed by atoms with Crippen molar-refractivity contribution in [3.8, 4) is 11.5 Å². The number of fused-ring (bicyclic) bond motifs is 1. The molecule has 0 saturated carbocycles. The largest absolute Gasteiger partial charge is 0.454 e.